The van der Waals surface area contributed by atoms with Crippen molar-refractivity contribution in [1.29, 1.82) is 0 Å². The number of piperidine rings is 1. The largest absolute Gasteiger partial charge is 0.392 e. The van der Waals surface area contributed by atoms with E-state index in [0.29, 0.717) is 19.4 Å². The van der Waals surface area contributed by atoms with Gasteiger partial charge in [0.1, 0.15) is 5.78 Å². The molecule has 3 heteroatoms. The van der Waals surface area contributed by atoms with Crippen molar-refractivity contribution in [3.8, 4) is 0 Å². The van der Waals surface area contributed by atoms with E-state index in [1.54, 1.807) is 0 Å². The Morgan fingerprint density at radius 3 is 2.81 bits per heavy atom. The van der Waals surface area contributed by atoms with Crippen LogP contribution in [0.1, 0.15) is 12.0 Å². The number of aliphatic hydroxyl groups excluding tert-OH is 1. The van der Waals surface area contributed by atoms with E-state index in [1.165, 1.54) is 0 Å². The first-order chi connectivity index (χ1) is 7.77. The molecule has 2 N–H and O–H groups in total. The molecule has 0 saturated carbocycles. The lowest BCUT2D eigenvalue weighted by atomic mass is 9.89. The number of ketones is 1. The first-order valence-electron chi connectivity index (χ1n) is 5.73. The highest BCUT2D eigenvalue weighted by Crippen LogP contribution is 2.15. The number of hydrogen-bond acceptors (Lipinski definition) is 3. The number of carbonyl (C=O) groups is 1. The van der Waals surface area contributed by atoms with E-state index in [2.05, 4.69) is 5.32 Å². The van der Waals surface area contributed by atoms with E-state index < -0.39 is 6.10 Å². The molecule has 2 atom stereocenters. The third kappa shape index (κ3) is 2.68. The molecule has 0 spiro atoms. The summed E-state index contributed by atoms with van der Waals surface area (Å²) in [5.74, 6) is -0.111. The Balaban J connectivity index is 1.97. The van der Waals surface area contributed by atoms with Gasteiger partial charge in [0.2, 0.25) is 0 Å². The van der Waals surface area contributed by atoms with Crippen LogP contribution >= 0.6 is 0 Å². The lowest BCUT2D eigenvalue weighted by Gasteiger charge is -2.27. The fourth-order valence-corrected chi connectivity index (χ4v) is 2.10. The van der Waals surface area contributed by atoms with Crippen molar-refractivity contribution in [2.45, 2.75) is 18.9 Å². The Bertz CT molecular complexity index is 350. The van der Waals surface area contributed by atoms with Crippen LogP contribution in [-0.4, -0.2) is 30.1 Å². The molecule has 3 nitrogen and oxygen atoms in total. The number of hydrogen-bond donors (Lipinski definition) is 2. The molecule has 86 valence electrons. The molecular weight excluding hydrogens is 202 g/mol. The maximum absolute atomic E-state index is 12.0. The van der Waals surface area contributed by atoms with E-state index in [0.717, 1.165) is 12.1 Å². The molecule has 1 unspecified atom stereocenters. The summed E-state index contributed by atoms with van der Waals surface area (Å²) in [5.41, 5.74) is 1.02. The van der Waals surface area contributed by atoms with Crippen LogP contribution in [0.4, 0.5) is 0 Å². The lowest BCUT2D eigenvalue weighted by molar-refractivity contribution is -0.126. The summed E-state index contributed by atoms with van der Waals surface area (Å²) < 4.78 is 0. The van der Waals surface area contributed by atoms with Crippen LogP contribution < -0.4 is 5.32 Å². The first-order valence-corrected chi connectivity index (χ1v) is 5.73. The van der Waals surface area contributed by atoms with Gasteiger partial charge in [-0.3, -0.25) is 4.79 Å². The van der Waals surface area contributed by atoms with Crippen molar-refractivity contribution in [1.82, 2.24) is 5.32 Å². The fourth-order valence-electron chi connectivity index (χ4n) is 2.10. The minimum absolute atomic E-state index is 0.130. The molecule has 1 fully saturated rings. The van der Waals surface area contributed by atoms with Gasteiger partial charge in [-0.25, -0.2) is 0 Å². The van der Waals surface area contributed by atoms with Gasteiger partial charge in [0.15, 0.2) is 0 Å². The minimum Gasteiger partial charge on any atom is -0.392 e. The predicted molar refractivity (Wildman–Crippen MR) is 62.1 cm³/mol. The van der Waals surface area contributed by atoms with Crippen molar-refractivity contribution in [3.63, 3.8) is 0 Å². The zero-order valence-corrected chi connectivity index (χ0v) is 9.23. The van der Waals surface area contributed by atoms with Gasteiger partial charge in [0, 0.05) is 13.0 Å². The second-order valence-corrected chi connectivity index (χ2v) is 4.30. The molecule has 2 rings (SSSR count). The number of rotatable bonds is 3. The molecular formula is C13H17NO2. The Morgan fingerprint density at radius 1 is 1.38 bits per heavy atom. The Hall–Kier alpha value is -1.19. The molecule has 1 aromatic rings. The monoisotopic (exact) mass is 219 g/mol. The van der Waals surface area contributed by atoms with Crippen molar-refractivity contribution in [3.05, 3.63) is 35.9 Å². The molecule has 0 amide bonds. The maximum Gasteiger partial charge on any atom is 0.144 e. The summed E-state index contributed by atoms with van der Waals surface area (Å²) in [6.45, 7) is 1.41. The third-order valence-electron chi connectivity index (χ3n) is 3.08. The van der Waals surface area contributed by atoms with Crippen LogP contribution in [0.15, 0.2) is 30.3 Å². The van der Waals surface area contributed by atoms with E-state index in [1.807, 2.05) is 30.3 Å². The standard InChI is InChI=1S/C13H17NO2/c15-12-6-7-14-9-11(12)13(16)8-10-4-2-1-3-5-10/h1-5,11-12,14-15H,6-9H2/t11-,12?/m0/s1. The van der Waals surface area contributed by atoms with E-state index in [4.69, 9.17) is 0 Å². The lowest BCUT2D eigenvalue weighted by Crippen LogP contribution is -2.44. The second kappa shape index (κ2) is 5.23. The van der Waals surface area contributed by atoms with E-state index >= 15 is 0 Å². The van der Waals surface area contributed by atoms with Gasteiger partial charge in [-0.05, 0) is 18.5 Å². The highest BCUT2D eigenvalue weighted by molar-refractivity contribution is 5.84. The van der Waals surface area contributed by atoms with Crippen LogP contribution in [0.25, 0.3) is 0 Å². The van der Waals surface area contributed by atoms with Gasteiger partial charge >= 0.3 is 0 Å². The third-order valence-corrected chi connectivity index (χ3v) is 3.08. The molecule has 0 bridgehead atoms. The van der Waals surface area contributed by atoms with Crippen LogP contribution in [0.5, 0.6) is 0 Å². The number of Topliss-reactive ketones (excluding diaryl/α,β-unsaturated/α-hetero) is 1. The maximum atomic E-state index is 12.0. The molecule has 0 aromatic heterocycles. The summed E-state index contributed by atoms with van der Waals surface area (Å²) in [6, 6.07) is 9.68. The normalized spacial score (nSPS) is 25.3. The van der Waals surface area contributed by atoms with Crippen molar-refractivity contribution in [2.75, 3.05) is 13.1 Å². The van der Waals surface area contributed by atoms with Crippen LogP contribution in [0.3, 0.4) is 0 Å². The average Bonchev–Trinajstić information content (AvgIpc) is 2.31. The summed E-state index contributed by atoms with van der Waals surface area (Å²) in [6.07, 6.45) is 0.618. The van der Waals surface area contributed by atoms with Crippen molar-refractivity contribution < 1.29 is 9.90 Å². The van der Waals surface area contributed by atoms with E-state index in [9.17, 15) is 9.90 Å². The number of carbonyl (C=O) groups excluding carboxylic acids is 1. The fraction of sp³-hybridized carbons (Fsp3) is 0.462. The minimum atomic E-state index is -0.475. The zero-order valence-electron chi connectivity index (χ0n) is 9.23. The van der Waals surface area contributed by atoms with Gasteiger partial charge < -0.3 is 10.4 Å². The summed E-state index contributed by atoms with van der Waals surface area (Å²) in [5, 5.41) is 12.9. The van der Waals surface area contributed by atoms with Crippen molar-refractivity contribution >= 4 is 5.78 Å². The topological polar surface area (TPSA) is 49.3 Å². The number of nitrogens with one attached hydrogen (secondary N) is 1. The first kappa shape index (κ1) is 11.3. The molecule has 1 aromatic carbocycles. The number of benzene rings is 1. The average molecular weight is 219 g/mol. The van der Waals surface area contributed by atoms with E-state index in [-0.39, 0.29) is 11.7 Å². The summed E-state index contributed by atoms with van der Waals surface area (Å²) in [4.78, 5) is 12.0. The smallest absolute Gasteiger partial charge is 0.144 e. The van der Waals surface area contributed by atoms with Gasteiger partial charge in [0.05, 0.1) is 12.0 Å². The zero-order chi connectivity index (χ0) is 11.4. The highest BCUT2D eigenvalue weighted by Gasteiger charge is 2.28. The molecule has 1 saturated heterocycles. The summed E-state index contributed by atoms with van der Waals surface area (Å²) in [7, 11) is 0. The second-order valence-electron chi connectivity index (χ2n) is 4.30. The van der Waals surface area contributed by atoms with Crippen LogP contribution in [0.2, 0.25) is 0 Å². The van der Waals surface area contributed by atoms with Gasteiger partial charge in [-0.2, -0.15) is 0 Å². The predicted octanol–water partition coefficient (Wildman–Crippen LogP) is 0.769. The quantitative estimate of drug-likeness (QED) is 0.789. The molecule has 16 heavy (non-hydrogen) atoms. The van der Waals surface area contributed by atoms with Gasteiger partial charge in [-0.15, -0.1) is 0 Å². The Labute approximate surface area is 95.5 Å². The van der Waals surface area contributed by atoms with Crippen LogP contribution in [-0.2, 0) is 11.2 Å². The Kier molecular flexibility index (Phi) is 3.70. The molecule has 0 radical (unpaired) electrons. The summed E-state index contributed by atoms with van der Waals surface area (Å²) >= 11 is 0. The molecule has 1 heterocycles. The SMILES string of the molecule is O=C(Cc1ccccc1)[C@H]1CNCCC1O. The van der Waals surface area contributed by atoms with Crippen molar-refractivity contribution in [2.24, 2.45) is 5.92 Å². The number of aliphatic hydroxyl groups is 1. The Morgan fingerprint density at radius 2 is 2.12 bits per heavy atom. The molecule has 1 aliphatic heterocycles. The van der Waals surface area contributed by atoms with Gasteiger partial charge in [-0.1, -0.05) is 30.3 Å². The molecule has 0 aliphatic carbocycles. The highest BCUT2D eigenvalue weighted by atomic mass is 16.3. The molecule has 1 aliphatic rings. The van der Waals surface area contributed by atoms with Crippen LogP contribution in [0, 0.1) is 5.92 Å². The van der Waals surface area contributed by atoms with Gasteiger partial charge in [0.25, 0.3) is 0 Å².